The topological polar surface area (TPSA) is 29.5 Å². The molecular formula is C16H21NO2. The molecule has 0 saturated carbocycles. The van der Waals surface area contributed by atoms with Gasteiger partial charge >= 0.3 is 5.97 Å². The first-order valence-corrected chi connectivity index (χ1v) is 6.95. The molecule has 2 saturated heterocycles. The maximum atomic E-state index is 12.0. The van der Waals surface area contributed by atoms with Crippen molar-refractivity contribution in [1.82, 2.24) is 4.90 Å². The predicted octanol–water partition coefficient (Wildman–Crippen LogP) is 2.40. The van der Waals surface area contributed by atoms with Gasteiger partial charge in [0.15, 0.2) is 0 Å². The molecule has 19 heavy (non-hydrogen) atoms. The van der Waals surface area contributed by atoms with E-state index in [-0.39, 0.29) is 30.6 Å². The molecule has 2 bridgehead atoms. The molecule has 3 nitrogen and oxygen atoms in total. The van der Waals surface area contributed by atoms with Crippen LogP contribution in [0.25, 0.3) is 0 Å². The monoisotopic (exact) mass is 264 g/mol. The summed E-state index contributed by atoms with van der Waals surface area (Å²) in [7, 11) is 0. The average molecular weight is 264 g/mol. The second-order valence-electron chi connectivity index (χ2n) is 5.54. The fourth-order valence-electron chi connectivity index (χ4n) is 3.21. The highest BCUT2D eigenvalue weighted by molar-refractivity contribution is 5.72. The Labute approximate surface area is 118 Å². The lowest BCUT2D eigenvalue weighted by Gasteiger charge is -2.35. The smallest absolute Gasteiger partial charge is 0.310 e. The largest absolute Gasteiger partial charge is 0.462 e. The molecule has 3 heteroatoms. The van der Waals surface area contributed by atoms with Gasteiger partial charge in [0.2, 0.25) is 0 Å². The number of fused-ring (bicyclic) bond motifs is 2. The lowest BCUT2D eigenvalue weighted by atomic mass is 10.0. The lowest BCUT2D eigenvalue weighted by molar-refractivity contribution is -0.151. The molecule has 0 aromatic heterocycles. The highest BCUT2D eigenvalue weighted by Gasteiger charge is 2.39. The summed E-state index contributed by atoms with van der Waals surface area (Å²) in [5.41, 5.74) is 0.940. The summed E-state index contributed by atoms with van der Waals surface area (Å²) in [6, 6.07) is 9.55. The van der Waals surface area contributed by atoms with E-state index in [1.54, 1.807) is 4.90 Å². The molecule has 0 spiro atoms. The van der Waals surface area contributed by atoms with Crippen LogP contribution in [0.5, 0.6) is 0 Å². The van der Waals surface area contributed by atoms with Gasteiger partial charge in [0.05, 0.1) is 6.42 Å². The van der Waals surface area contributed by atoms with Gasteiger partial charge in [-0.3, -0.25) is 4.79 Å². The molecule has 3 rings (SSSR count). The molecule has 2 aliphatic heterocycles. The van der Waals surface area contributed by atoms with E-state index in [4.69, 9.17) is 8.85 Å². The van der Waals surface area contributed by atoms with E-state index in [0.717, 1.165) is 18.4 Å². The first-order chi connectivity index (χ1) is 10.4. The maximum Gasteiger partial charge on any atom is 0.310 e. The SMILES string of the molecule is [2H]C([2H])([2H])N1[C@@H]2CC[C@H]1CC(O[13C](=O)[13CH2]c1ccccc1)C2. The zero-order chi connectivity index (χ0) is 15.7. The molecule has 2 aliphatic rings. The molecule has 2 fully saturated rings. The molecule has 1 unspecified atom stereocenters. The molecular weight excluding hydrogens is 240 g/mol. The molecule has 0 aliphatic carbocycles. The van der Waals surface area contributed by atoms with Crippen LogP contribution in [0.2, 0.25) is 0 Å². The van der Waals surface area contributed by atoms with Crippen LogP contribution in [0.1, 0.15) is 35.4 Å². The fraction of sp³-hybridized carbons (Fsp3) is 0.562. The Bertz CT molecular complexity index is 518. The first kappa shape index (κ1) is 9.54. The number of rotatable bonds is 3. The summed E-state index contributed by atoms with van der Waals surface area (Å²) in [6.45, 7) is -2.04. The van der Waals surface area contributed by atoms with Crippen LogP contribution in [-0.2, 0) is 16.0 Å². The third-order valence-electron chi connectivity index (χ3n) is 4.18. The molecule has 3 atom stereocenters. The third-order valence-corrected chi connectivity index (χ3v) is 4.18. The van der Waals surface area contributed by atoms with Crippen molar-refractivity contribution >= 4 is 5.97 Å². The molecule has 2 heterocycles. The van der Waals surface area contributed by atoms with Gasteiger partial charge in [-0.2, -0.15) is 0 Å². The van der Waals surface area contributed by atoms with Crippen molar-refractivity contribution in [2.24, 2.45) is 0 Å². The number of hydrogen-bond acceptors (Lipinski definition) is 3. The highest BCUT2D eigenvalue weighted by atomic mass is 16.6. The van der Waals surface area contributed by atoms with Gasteiger partial charge in [0.25, 0.3) is 0 Å². The van der Waals surface area contributed by atoms with E-state index in [1.807, 2.05) is 30.3 Å². The Morgan fingerprint density at radius 3 is 2.63 bits per heavy atom. The summed E-state index contributed by atoms with van der Waals surface area (Å²) in [4.78, 5) is 13.7. The van der Waals surface area contributed by atoms with Crippen molar-refractivity contribution in [3.63, 3.8) is 0 Å². The zero-order valence-electron chi connectivity index (χ0n) is 13.9. The van der Waals surface area contributed by atoms with Crippen molar-refractivity contribution in [3.8, 4) is 0 Å². The van der Waals surface area contributed by atoms with Crippen LogP contribution >= 0.6 is 0 Å². The van der Waals surface area contributed by atoms with Crippen LogP contribution < -0.4 is 0 Å². The number of piperidine rings is 1. The fourth-order valence-corrected chi connectivity index (χ4v) is 3.21. The number of carbonyl (C=O) groups is 1. The van der Waals surface area contributed by atoms with E-state index >= 15 is 0 Å². The lowest BCUT2D eigenvalue weighted by Crippen LogP contribution is -2.43. The van der Waals surface area contributed by atoms with Gasteiger partial charge in [0.1, 0.15) is 6.10 Å². The van der Waals surface area contributed by atoms with Crippen LogP contribution in [0, 0.1) is 0 Å². The van der Waals surface area contributed by atoms with Gasteiger partial charge in [-0.25, -0.2) is 0 Å². The minimum Gasteiger partial charge on any atom is -0.462 e. The number of benzene rings is 1. The van der Waals surface area contributed by atoms with Crippen LogP contribution in [0.4, 0.5) is 0 Å². The number of ether oxygens (including phenoxy) is 1. The quantitative estimate of drug-likeness (QED) is 0.620. The maximum absolute atomic E-state index is 12.0. The predicted molar refractivity (Wildman–Crippen MR) is 73.8 cm³/mol. The summed E-state index contributed by atoms with van der Waals surface area (Å²) in [5, 5.41) is 0. The van der Waals surface area contributed by atoms with Gasteiger partial charge in [-0.1, -0.05) is 30.3 Å². The second kappa shape index (κ2) is 5.33. The van der Waals surface area contributed by atoms with Crippen LogP contribution in [-0.4, -0.2) is 36.0 Å². The van der Waals surface area contributed by atoms with Crippen LogP contribution in [0.15, 0.2) is 30.3 Å². The number of esters is 1. The van der Waals surface area contributed by atoms with Gasteiger partial charge in [-0.05, 0) is 38.2 Å². The summed E-state index contributed by atoms with van der Waals surface area (Å²) in [5.74, 6) is -0.224. The van der Waals surface area contributed by atoms with Gasteiger partial charge in [0, 0.05) is 16.2 Å². The van der Waals surface area contributed by atoms with E-state index in [1.165, 1.54) is 0 Å². The van der Waals surface area contributed by atoms with Crippen LogP contribution in [0.3, 0.4) is 0 Å². The molecule has 102 valence electrons. The summed E-state index contributed by atoms with van der Waals surface area (Å²) >= 11 is 0. The van der Waals surface area contributed by atoms with Crippen molar-refractivity contribution in [3.05, 3.63) is 35.9 Å². The Morgan fingerprint density at radius 2 is 2.00 bits per heavy atom. The first-order valence-electron chi connectivity index (χ1n) is 8.45. The normalized spacial score (nSPS) is 33.3. The molecule has 1 aromatic rings. The Hall–Kier alpha value is -1.35. The Balaban J connectivity index is 1.57. The summed E-state index contributed by atoms with van der Waals surface area (Å²) < 4.78 is 28.5. The zero-order valence-corrected chi connectivity index (χ0v) is 10.9. The number of nitrogens with zero attached hydrogens (tertiary/aromatic N) is 1. The highest BCUT2D eigenvalue weighted by Crippen LogP contribution is 2.35. The molecule has 0 amide bonds. The van der Waals surface area contributed by atoms with Crippen molar-refractivity contribution in [1.29, 1.82) is 0 Å². The van der Waals surface area contributed by atoms with Crippen molar-refractivity contribution in [2.45, 2.75) is 50.3 Å². The van der Waals surface area contributed by atoms with E-state index in [9.17, 15) is 4.79 Å². The van der Waals surface area contributed by atoms with Crippen molar-refractivity contribution in [2.75, 3.05) is 6.98 Å². The van der Waals surface area contributed by atoms with Gasteiger partial charge in [-0.15, -0.1) is 0 Å². The third kappa shape index (κ3) is 2.81. The number of hydrogen-bond donors (Lipinski definition) is 0. The second-order valence-corrected chi connectivity index (χ2v) is 5.54. The minimum absolute atomic E-state index is 0.0146. The van der Waals surface area contributed by atoms with Gasteiger partial charge < -0.3 is 9.64 Å². The standard InChI is InChI=1S/C16H21NO2/c1-17-13-7-8-14(17)11-15(10-13)19-16(18)9-12-5-3-2-4-6-12/h2-6,13-15H,7-11H2,1H3/t13-,14+,15?/i1D3,9+1,16+1. The summed E-state index contributed by atoms with van der Waals surface area (Å²) in [6.07, 6.45) is 3.17. The Kier molecular flexibility index (Phi) is 2.68. The average Bonchev–Trinajstić information content (AvgIpc) is 2.72. The molecule has 1 aromatic carbocycles. The van der Waals surface area contributed by atoms with E-state index in [2.05, 4.69) is 0 Å². The molecule has 0 N–H and O–H groups in total. The van der Waals surface area contributed by atoms with E-state index < -0.39 is 6.98 Å². The Morgan fingerprint density at radius 1 is 1.32 bits per heavy atom. The number of carbonyl (C=O) groups excluding carboxylic acids is 1. The van der Waals surface area contributed by atoms with Crippen molar-refractivity contribution < 1.29 is 13.6 Å². The molecule has 0 radical (unpaired) electrons. The minimum atomic E-state index is -2.04. The van der Waals surface area contributed by atoms with E-state index in [0.29, 0.717) is 12.8 Å².